The maximum Gasteiger partial charge on any atom is 0.303 e. The van der Waals surface area contributed by atoms with Crippen LogP contribution in [0, 0.1) is 6.92 Å². The van der Waals surface area contributed by atoms with Gasteiger partial charge in [0.25, 0.3) is 5.91 Å². The van der Waals surface area contributed by atoms with E-state index in [-0.39, 0.29) is 30.8 Å². The number of benzene rings is 1. The van der Waals surface area contributed by atoms with Crippen molar-refractivity contribution in [2.24, 2.45) is 0 Å². The largest absolute Gasteiger partial charge is 0.481 e. The van der Waals surface area contributed by atoms with E-state index in [1.807, 2.05) is 13.0 Å². The van der Waals surface area contributed by atoms with Crippen LogP contribution in [0.15, 0.2) is 24.3 Å². The van der Waals surface area contributed by atoms with Crippen LogP contribution in [0.3, 0.4) is 0 Å². The van der Waals surface area contributed by atoms with Crippen molar-refractivity contribution in [3.8, 4) is 0 Å². The van der Waals surface area contributed by atoms with Crippen molar-refractivity contribution in [3.63, 3.8) is 0 Å². The predicted molar refractivity (Wildman–Crippen MR) is 78.0 cm³/mol. The van der Waals surface area contributed by atoms with Gasteiger partial charge in [0.15, 0.2) is 0 Å². The summed E-state index contributed by atoms with van der Waals surface area (Å²) >= 11 is 0. The molecule has 114 valence electrons. The first-order valence-electron chi connectivity index (χ1n) is 6.74. The van der Waals surface area contributed by atoms with Gasteiger partial charge in [-0.25, -0.2) is 0 Å². The zero-order valence-electron chi connectivity index (χ0n) is 12.2. The quantitative estimate of drug-likeness (QED) is 0.701. The summed E-state index contributed by atoms with van der Waals surface area (Å²) in [6, 6.07) is 6.83. The molecule has 1 aromatic rings. The topological polar surface area (TPSA) is 95.5 Å². The molecule has 3 N–H and O–H groups in total. The fourth-order valence-electron chi connectivity index (χ4n) is 1.79. The molecule has 1 rings (SSSR count). The zero-order valence-corrected chi connectivity index (χ0v) is 12.2. The van der Waals surface area contributed by atoms with Gasteiger partial charge in [0, 0.05) is 18.0 Å². The van der Waals surface area contributed by atoms with Crippen molar-refractivity contribution < 1.29 is 19.5 Å². The van der Waals surface area contributed by atoms with Gasteiger partial charge in [0.05, 0.1) is 6.54 Å². The lowest BCUT2D eigenvalue weighted by molar-refractivity contribution is -0.137. The van der Waals surface area contributed by atoms with Crippen LogP contribution in [-0.4, -0.2) is 35.5 Å². The molecule has 0 aromatic heterocycles. The Hall–Kier alpha value is -2.37. The first-order valence-corrected chi connectivity index (χ1v) is 6.74. The molecule has 1 atom stereocenters. The van der Waals surface area contributed by atoms with Crippen LogP contribution in [0.2, 0.25) is 0 Å². The molecule has 21 heavy (non-hydrogen) atoms. The molecular formula is C15H20N2O4. The van der Waals surface area contributed by atoms with E-state index in [2.05, 4.69) is 10.6 Å². The monoisotopic (exact) mass is 292 g/mol. The molecule has 1 unspecified atom stereocenters. The van der Waals surface area contributed by atoms with Gasteiger partial charge in [-0.15, -0.1) is 0 Å². The second-order valence-electron chi connectivity index (χ2n) is 4.95. The first kappa shape index (κ1) is 16.7. The van der Waals surface area contributed by atoms with Crippen molar-refractivity contribution >= 4 is 17.8 Å². The van der Waals surface area contributed by atoms with E-state index in [1.54, 1.807) is 25.1 Å². The summed E-state index contributed by atoms with van der Waals surface area (Å²) in [6.45, 7) is 3.47. The number of hydrogen-bond acceptors (Lipinski definition) is 3. The molecular weight excluding hydrogens is 272 g/mol. The normalized spacial score (nSPS) is 11.5. The van der Waals surface area contributed by atoms with E-state index in [0.717, 1.165) is 5.56 Å². The molecule has 0 aliphatic rings. The Morgan fingerprint density at radius 3 is 2.62 bits per heavy atom. The number of hydrogen-bond donors (Lipinski definition) is 3. The lowest BCUT2D eigenvalue weighted by Gasteiger charge is -2.13. The van der Waals surface area contributed by atoms with Crippen molar-refractivity contribution in [3.05, 3.63) is 35.4 Å². The minimum Gasteiger partial charge on any atom is -0.481 e. The number of carbonyl (C=O) groups is 3. The van der Waals surface area contributed by atoms with Crippen LogP contribution in [0.4, 0.5) is 0 Å². The maximum atomic E-state index is 11.8. The maximum absolute atomic E-state index is 11.8. The summed E-state index contributed by atoms with van der Waals surface area (Å²) in [6.07, 6.45) is 0.351. The fourth-order valence-corrected chi connectivity index (χ4v) is 1.79. The Labute approximate surface area is 123 Å². The molecule has 6 nitrogen and oxygen atoms in total. The third kappa shape index (κ3) is 6.56. The van der Waals surface area contributed by atoms with Crippen LogP contribution < -0.4 is 10.6 Å². The van der Waals surface area contributed by atoms with Gasteiger partial charge in [-0.2, -0.15) is 0 Å². The minimum atomic E-state index is -0.899. The molecule has 0 aliphatic carbocycles. The van der Waals surface area contributed by atoms with Gasteiger partial charge >= 0.3 is 5.97 Å². The first-order chi connectivity index (χ1) is 9.88. The lowest BCUT2D eigenvalue weighted by atomic mass is 10.1. The van der Waals surface area contributed by atoms with Crippen molar-refractivity contribution in [2.45, 2.75) is 32.7 Å². The number of nitrogens with one attached hydrogen (secondary N) is 2. The Morgan fingerprint density at radius 1 is 1.29 bits per heavy atom. The second kappa shape index (κ2) is 8.04. The summed E-state index contributed by atoms with van der Waals surface area (Å²) in [5.74, 6) is -1.55. The number of amides is 2. The number of aryl methyl sites for hydroxylation is 1. The van der Waals surface area contributed by atoms with E-state index in [1.165, 1.54) is 0 Å². The SMILES string of the molecule is Cc1cccc(C(=O)NCC(=O)NC(C)CCC(=O)O)c1. The average molecular weight is 292 g/mol. The van der Waals surface area contributed by atoms with Crippen LogP contribution in [0.1, 0.15) is 35.7 Å². The number of carbonyl (C=O) groups excluding carboxylic acids is 2. The summed E-state index contributed by atoms with van der Waals surface area (Å²) in [5, 5.41) is 13.7. The molecule has 0 saturated heterocycles. The van der Waals surface area contributed by atoms with Gasteiger partial charge in [0.1, 0.15) is 0 Å². The molecule has 0 heterocycles. The highest BCUT2D eigenvalue weighted by molar-refractivity contribution is 5.96. The zero-order chi connectivity index (χ0) is 15.8. The van der Waals surface area contributed by atoms with Crippen LogP contribution in [-0.2, 0) is 9.59 Å². The molecule has 0 aliphatic heterocycles. The van der Waals surface area contributed by atoms with Gasteiger partial charge < -0.3 is 15.7 Å². The third-order valence-corrected chi connectivity index (χ3v) is 2.89. The number of aliphatic carboxylic acids is 1. The van der Waals surface area contributed by atoms with Crippen LogP contribution in [0.25, 0.3) is 0 Å². The molecule has 0 saturated carbocycles. The predicted octanol–water partition coefficient (Wildman–Crippen LogP) is 1.09. The smallest absolute Gasteiger partial charge is 0.303 e. The summed E-state index contributed by atoms with van der Waals surface area (Å²) in [5.41, 5.74) is 1.47. The van der Waals surface area contributed by atoms with E-state index in [9.17, 15) is 14.4 Å². The third-order valence-electron chi connectivity index (χ3n) is 2.89. The number of carboxylic acid groups (broad SMARTS) is 1. The minimum absolute atomic E-state index is 0.00288. The highest BCUT2D eigenvalue weighted by Gasteiger charge is 2.11. The van der Waals surface area contributed by atoms with Gasteiger partial charge in [-0.05, 0) is 32.4 Å². The molecule has 0 spiro atoms. The van der Waals surface area contributed by atoms with Crippen LogP contribution >= 0.6 is 0 Å². The van der Waals surface area contributed by atoms with Crippen molar-refractivity contribution in [2.75, 3.05) is 6.54 Å². The molecule has 2 amide bonds. The molecule has 0 bridgehead atoms. The lowest BCUT2D eigenvalue weighted by Crippen LogP contribution is -2.41. The molecule has 0 radical (unpaired) electrons. The van der Waals surface area contributed by atoms with E-state index in [4.69, 9.17) is 5.11 Å². The Kier molecular flexibility index (Phi) is 6.39. The van der Waals surface area contributed by atoms with Crippen LogP contribution in [0.5, 0.6) is 0 Å². The molecule has 0 fully saturated rings. The number of carboxylic acids is 1. The summed E-state index contributed by atoms with van der Waals surface area (Å²) < 4.78 is 0. The fraction of sp³-hybridized carbons (Fsp3) is 0.400. The molecule has 6 heteroatoms. The second-order valence-corrected chi connectivity index (χ2v) is 4.95. The molecule has 1 aromatic carbocycles. The van der Waals surface area contributed by atoms with E-state index < -0.39 is 5.97 Å². The standard InChI is InChI=1S/C15H20N2O4/c1-10-4-3-5-12(8-10)15(21)16-9-13(18)17-11(2)6-7-14(19)20/h3-5,8,11H,6-7,9H2,1-2H3,(H,16,21)(H,17,18)(H,19,20). The summed E-state index contributed by atoms with van der Waals surface area (Å²) in [4.78, 5) is 33.9. The van der Waals surface area contributed by atoms with Gasteiger partial charge in [-0.3, -0.25) is 14.4 Å². The average Bonchev–Trinajstić information content (AvgIpc) is 2.42. The van der Waals surface area contributed by atoms with E-state index in [0.29, 0.717) is 12.0 Å². The highest BCUT2D eigenvalue weighted by atomic mass is 16.4. The Morgan fingerprint density at radius 2 is 2.00 bits per heavy atom. The Bertz CT molecular complexity index is 528. The Balaban J connectivity index is 2.35. The van der Waals surface area contributed by atoms with Gasteiger partial charge in [-0.1, -0.05) is 17.7 Å². The summed E-state index contributed by atoms with van der Waals surface area (Å²) in [7, 11) is 0. The van der Waals surface area contributed by atoms with Gasteiger partial charge in [0.2, 0.25) is 5.91 Å². The van der Waals surface area contributed by atoms with Crippen molar-refractivity contribution in [1.82, 2.24) is 10.6 Å². The highest BCUT2D eigenvalue weighted by Crippen LogP contribution is 2.03. The number of rotatable bonds is 7. The van der Waals surface area contributed by atoms with E-state index >= 15 is 0 Å². The van der Waals surface area contributed by atoms with Crippen molar-refractivity contribution in [1.29, 1.82) is 0 Å².